The Kier molecular flexibility index (Phi) is 6.91. The molecule has 10 heteroatoms. The molecule has 1 amide bonds. The van der Waals surface area contributed by atoms with E-state index in [0.29, 0.717) is 37.3 Å². The SMILES string of the molecule is COCCCN1C(=O)c2cccc3c(CC(=O)C4CCCCN4S(=O)(=O)c4c(C)noc4C)ccc1c23. The summed E-state index contributed by atoms with van der Waals surface area (Å²) in [6, 6.07) is 8.59. The Hall–Kier alpha value is -3.08. The van der Waals surface area contributed by atoms with Crippen LogP contribution in [0.1, 0.15) is 53.1 Å². The van der Waals surface area contributed by atoms with Crippen molar-refractivity contribution >= 4 is 38.2 Å². The molecule has 0 N–H and O–H groups in total. The highest BCUT2D eigenvalue weighted by Crippen LogP contribution is 2.39. The Balaban J connectivity index is 1.45. The lowest BCUT2D eigenvalue weighted by atomic mass is 9.93. The molecular formula is C27H31N3O6S. The number of aryl methyl sites for hydroxylation is 2. The highest BCUT2D eigenvalue weighted by Gasteiger charge is 2.40. The molecule has 2 aliphatic rings. The number of benzene rings is 2. The van der Waals surface area contributed by atoms with Crippen molar-refractivity contribution in [2.75, 3.05) is 31.7 Å². The number of rotatable bonds is 9. The van der Waals surface area contributed by atoms with E-state index in [1.165, 1.54) is 4.31 Å². The number of ketones is 1. The van der Waals surface area contributed by atoms with Crippen LogP contribution in [0.15, 0.2) is 39.8 Å². The number of ether oxygens (including phenoxy) is 1. The van der Waals surface area contributed by atoms with Gasteiger partial charge in [0.2, 0.25) is 10.0 Å². The first-order valence-electron chi connectivity index (χ1n) is 12.6. The van der Waals surface area contributed by atoms with Crippen molar-refractivity contribution in [3.63, 3.8) is 0 Å². The second-order valence-electron chi connectivity index (χ2n) is 9.70. The maximum absolute atomic E-state index is 13.7. The van der Waals surface area contributed by atoms with Gasteiger partial charge in [0.15, 0.2) is 11.5 Å². The summed E-state index contributed by atoms with van der Waals surface area (Å²) in [5.41, 5.74) is 2.54. The Morgan fingerprint density at radius 3 is 2.73 bits per heavy atom. The molecule has 196 valence electrons. The van der Waals surface area contributed by atoms with Crippen LogP contribution in [0.5, 0.6) is 0 Å². The molecule has 0 bridgehead atoms. The van der Waals surface area contributed by atoms with Gasteiger partial charge in [0, 0.05) is 44.2 Å². The van der Waals surface area contributed by atoms with E-state index in [4.69, 9.17) is 9.26 Å². The second-order valence-corrected chi connectivity index (χ2v) is 11.5. The van der Waals surface area contributed by atoms with E-state index in [0.717, 1.165) is 34.9 Å². The molecule has 1 unspecified atom stereocenters. The zero-order valence-corrected chi connectivity index (χ0v) is 22.1. The highest BCUT2D eigenvalue weighted by molar-refractivity contribution is 7.89. The average Bonchev–Trinajstić information content (AvgIpc) is 3.38. The van der Waals surface area contributed by atoms with Crippen LogP contribution < -0.4 is 4.90 Å². The number of hydrogen-bond acceptors (Lipinski definition) is 7. The van der Waals surface area contributed by atoms with E-state index < -0.39 is 16.1 Å². The molecule has 5 rings (SSSR count). The number of Topliss-reactive ketones (excluding diaryl/α,β-unsaturated/α-hetero) is 1. The van der Waals surface area contributed by atoms with E-state index in [1.54, 1.807) is 25.9 Å². The largest absolute Gasteiger partial charge is 0.385 e. The summed E-state index contributed by atoms with van der Waals surface area (Å²) in [4.78, 5) is 28.6. The van der Waals surface area contributed by atoms with Crippen LogP contribution in [0.25, 0.3) is 10.8 Å². The monoisotopic (exact) mass is 525 g/mol. The molecule has 0 spiro atoms. The molecule has 3 heterocycles. The lowest BCUT2D eigenvalue weighted by Crippen LogP contribution is -2.48. The average molecular weight is 526 g/mol. The van der Waals surface area contributed by atoms with E-state index in [9.17, 15) is 18.0 Å². The van der Waals surface area contributed by atoms with Gasteiger partial charge in [0.05, 0.1) is 11.7 Å². The van der Waals surface area contributed by atoms with Crippen LogP contribution in [0, 0.1) is 13.8 Å². The van der Waals surface area contributed by atoms with Crippen LogP contribution in [0.4, 0.5) is 5.69 Å². The molecule has 1 aromatic heterocycles. The van der Waals surface area contributed by atoms with Gasteiger partial charge >= 0.3 is 0 Å². The number of sulfonamides is 1. The van der Waals surface area contributed by atoms with Crippen molar-refractivity contribution in [3.8, 4) is 0 Å². The van der Waals surface area contributed by atoms with Crippen LogP contribution >= 0.6 is 0 Å². The van der Waals surface area contributed by atoms with Gasteiger partial charge in [0.1, 0.15) is 10.6 Å². The number of methoxy groups -OCH3 is 1. The first-order chi connectivity index (χ1) is 17.8. The van der Waals surface area contributed by atoms with Crippen molar-refractivity contribution in [1.29, 1.82) is 0 Å². The van der Waals surface area contributed by atoms with Crippen LogP contribution in [-0.2, 0) is 26.0 Å². The quantitative estimate of drug-likeness (QED) is 0.391. The lowest BCUT2D eigenvalue weighted by Gasteiger charge is -2.33. The van der Waals surface area contributed by atoms with Crippen molar-refractivity contribution < 1.29 is 27.3 Å². The van der Waals surface area contributed by atoms with Crippen LogP contribution in [0.3, 0.4) is 0 Å². The Bertz CT molecular complexity index is 1460. The van der Waals surface area contributed by atoms with Gasteiger partial charge in [-0.15, -0.1) is 0 Å². The minimum absolute atomic E-state index is 0.0459. The molecule has 0 saturated carbocycles. The number of nitrogens with zero attached hydrogens (tertiary/aromatic N) is 3. The van der Waals surface area contributed by atoms with Gasteiger partial charge in [-0.25, -0.2) is 8.42 Å². The molecule has 1 saturated heterocycles. The molecule has 1 fully saturated rings. The Labute approximate surface area is 216 Å². The molecule has 3 aromatic rings. The topological polar surface area (TPSA) is 110 Å². The summed E-state index contributed by atoms with van der Waals surface area (Å²) < 4.78 is 38.7. The third kappa shape index (κ3) is 4.36. The van der Waals surface area contributed by atoms with Gasteiger partial charge in [-0.2, -0.15) is 4.31 Å². The fourth-order valence-electron chi connectivity index (χ4n) is 5.63. The number of hydrogen-bond donors (Lipinski definition) is 0. The lowest BCUT2D eigenvalue weighted by molar-refractivity contribution is -0.122. The van der Waals surface area contributed by atoms with Crippen molar-refractivity contribution in [3.05, 3.63) is 52.9 Å². The summed E-state index contributed by atoms with van der Waals surface area (Å²) in [6.45, 7) is 4.55. The third-order valence-corrected chi connectivity index (χ3v) is 9.48. The fraction of sp³-hybridized carbons (Fsp3) is 0.444. The van der Waals surface area contributed by atoms with Crippen LogP contribution in [0.2, 0.25) is 0 Å². The van der Waals surface area contributed by atoms with Crippen molar-refractivity contribution in [2.24, 2.45) is 0 Å². The van der Waals surface area contributed by atoms with Gasteiger partial charge < -0.3 is 14.2 Å². The zero-order valence-electron chi connectivity index (χ0n) is 21.3. The normalized spacial score (nSPS) is 18.2. The number of aromatic nitrogens is 1. The minimum Gasteiger partial charge on any atom is -0.385 e. The molecule has 0 radical (unpaired) electrons. The first-order valence-corrected chi connectivity index (χ1v) is 14.0. The summed E-state index contributed by atoms with van der Waals surface area (Å²) >= 11 is 0. The Morgan fingerprint density at radius 2 is 2.00 bits per heavy atom. The fourth-order valence-corrected chi connectivity index (χ4v) is 7.60. The van der Waals surface area contributed by atoms with E-state index in [1.807, 2.05) is 30.3 Å². The molecule has 0 aliphatic carbocycles. The number of anilines is 1. The predicted molar refractivity (Wildman–Crippen MR) is 138 cm³/mol. The Morgan fingerprint density at radius 1 is 1.19 bits per heavy atom. The second kappa shape index (κ2) is 10.00. The smallest absolute Gasteiger partial charge is 0.258 e. The van der Waals surface area contributed by atoms with Crippen molar-refractivity contribution in [2.45, 2.75) is 56.9 Å². The summed E-state index contributed by atoms with van der Waals surface area (Å²) in [5.74, 6) is 0.0164. The number of amides is 1. The molecule has 2 aromatic carbocycles. The van der Waals surface area contributed by atoms with Gasteiger partial charge in [-0.1, -0.05) is 29.8 Å². The first kappa shape index (κ1) is 25.6. The van der Waals surface area contributed by atoms with E-state index >= 15 is 0 Å². The molecule has 1 atom stereocenters. The van der Waals surface area contributed by atoms with Gasteiger partial charge in [-0.3, -0.25) is 9.59 Å². The summed E-state index contributed by atoms with van der Waals surface area (Å²) in [5, 5.41) is 5.50. The number of piperidine rings is 1. The maximum Gasteiger partial charge on any atom is 0.258 e. The van der Waals surface area contributed by atoms with E-state index in [2.05, 4.69) is 5.16 Å². The van der Waals surface area contributed by atoms with Gasteiger partial charge in [-0.05, 0) is 56.2 Å². The highest BCUT2D eigenvalue weighted by atomic mass is 32.2. The predicted octanol–water partition coefficient (Wildman–Crippen LogP) is 3.80. The van der Waals surface area contributed by atoms with Crippen molar-refractivity contribution in [1.82, 2.24) is 9.46 Å². The number of carbonyl (C=O) groups is 2. The molecular weight excluding hydrogens is 494 g/mol. The van der Waals surface area contributed by atoms with Gasteiger partial charge in [0.25, 0.3) is 5.91 Å². The number of carbonyl (C=O) groups excluding carboxylic acids is 2. The molecule has 37 heavy (non-hydrogen) atoms. The maximum atomic E-state index is 13.7. The zero-order chi connectivity index (χ0) is 26.3. The van der Waals surface area contributed by atoms with Crippen LogP contribution in [-0.4, -0.2) is 62.4 Å². The minimum atomic E-state index is -3.94. The van der Waals surface area contributed by atoms with E-state index in [-0.39, 0.29) is 35.3 Å². The molecule has 2 aliphatic heterocycles. The standard InChI is InChI=1S/C27H31N3O6S/c1-17-26(18(2)36-28-17)37(33,34)30-14-5-4-10-22(30)24(31)16-19-11-12-23-25-20(19)8-6-9-21(25)27(32)29(23)13-7-15-35-3/h6,8-9,11-12,22H,4-5,7,10,13-16H2,1-3H3. The summed E-state index contributed by atoms with van der Waals surface area (Å²) in [6.07, 6.45) is 2.73. The third-order valence-electron chi connectivity index (χ3n) is 7.33. The molecule has 9 nitrogen and oxygen atoms in total. The summed E-state index contributed by atoms with van der Waals surface area (Å²) in [7, 11) is -2.31.